The molecule has 2 fully saturated rings. The number of hydrogen-bond donors (Lipinski definition) is 0. The highest BCUT2D eigenvalue weighted by Gasteiger charge is 2.32. The third-order valence-electron chi connectivity index (χ3n) is 4.40. The van der Waals surface area contributed by atoms with Crippen molar-refractivity contribution in [1.29, 1.82) is 0 Å². The summed E-state index contributed by atoms with van der Waals surface area (Å²) in [4.78, 5) is 16.9. The van der Waals surface area contributed by atoms with Crippen LogP contribution in [0.3, 0.4) is 0 Å². The number of amides is 1. The van der Waals surface area contributed by atoms with Crippen molar-refractivity contribution in [1.82, 2.24) is 9.80 Å². The van der Waals surface area contributed by atoms with E-state index in [2.05, 4.69) is 25.7 Å². The average molecular weight is 347 g/mol. The van der Waals surface area contributed by atoms with Crippen LogP contribution in [0.25, 0.3) is 0 Å². The molecule has 1 saturated heterocycles. The SMILES string of the molecule is CCOC1CC(CC(=O)N2CCCN(CCBr)CC2)C1. The quantitative estimate of drug-likeness (QED) is 0.690. The first-order chi connectivity index (χ1) is 9.72. The zero-order chi connectivity index (χ0) is 14.4. The summed E-state index contributed by atoms with van der Waals surface area (Å²) in [6, 6.07) is 0. The molecule has 0 N–H and O–H groups in total. The molecule has 2 aliphatic rings. The number of carbonyl (C=O) groups excluding carboxylic acids is 1. The van der Waals surface area contributed by atoms with Gasteiger partial charge in [0.2, 0.25) is 5.91 Å². The normalized spacial score (nSPS) is 28.0. The summed E-state index contributed by atoms with van der Waals surface area (Å²) in [5.74, 6) is 0.909. The fourth-order valence-electron chi connectivity index (χ4n) is 3.15. The number of halogens is 1. The van der Waals surface area contributed by atoms with Crippen LogP contribution in [0.2, 0.25) is 0 Å². The summed E-state index contributed by atoms with van der Waals surface area (Å²) in [5, 5.41) is 1.02. The predicted octanol–water partition coefficient (Wildman–Crippen LogP) is 2.12. The third-order valence-corrected chi connectivity index (χ3v) is 4.75. The maximum atomic E-state index is 12.3. The van der Waals surface area contributed by atoms with Crippen LogP contribution in [0.4, 0.5) is 0 Å². The molecule has 0 spiro atoms. The molecule has 20 heavy (non-hydrogen) atoms. The lowest BCUT2D eigenvalue weighted by Crippen LogP contribution is -2.39. The zero-order valence-electron chi connectivity index (χ0n) is 12.5. The Bertz CT molecular complexity index is 308. The van der Waals surface area contributed by atoms with E-state index in [0.717, 1.165) is 70.3 Å². The van der Waals surface area contributed by atoms with E-state index in [0.29, 0.717) is 17.9 Å². The molecule has 0 bridgehead atoms. The topological polar surface area (TPSA) is 32.8 Å². The van der Waals surface area contributed by atoms with Crippen LogP contribution in [-0.2, 0) is 9.53 Å². The number of alkyl halides is 1. The minimum Gasteiger partial charge on any atom is -0.378 e. The number of hydrogen-bond acceptors (Lipinski definition) is 3. The van der Waals surface area contributed by atoms with E-state index >= 15 is 0 Å². The van der Waals surface area contributed by atoms with E-state index < -0.39 is 0 Å². The number of carbonyl (C=O) groups is 1. The molecular formula is C15H27BrN2O2. The number of ether oxygens (including phenoxy) is 1. The Hall–Kier alpha value is -0.130. The summed E-state index contributed by atoms with van der Waals surface area (Å²) in [5.41, 5.74) is 0. The Kier molecular flexibility index (Phi) is 6.78. The van der Waals surface area contributed by atoms with Gasteiger partial charge in [0, 0.05) is 44.5 Å². The molecule has 0 aromatic rings. The second-order valence-electron chi connectivity index (χ2n) is 5.88. The second kappa shape index (κ2) is 8.35. The summed E-state index contributed by atoms with van der Waals surface area (Å²) in [7, 11) is 0. The van der Waals surface area contributed by atoms with Gasteiger partial charge in [-0.15, -0.1) is 0 Å². The van der Waals surface area contributed by atoms with Gasteiger partial charge in [-0.1, -0.05) is 15.9 Å². The van der Waals surface area contributed by atoms with Gasteiger partial charge >= 0.3 is 0 Å². The molecule has 1 heterocycles. The Morgan fingerprint density at radius 2 is 2.05 bits per heavy atom. The lowest BCUT2D eigenvalue weighted by molar-refractivity contribution is -0.134. The van der Waals surface area contributed by atoms with Gasteiger partial charge in [0.15, 0.2) is 0 Å². The number of nitrogens with zero attached hydrogens (tertiary/aromatic N) is 2. The van der Waals surface area contributed by atoms with Gasteiger partial charge in [-0.05, 0) is 38.6 Å². The molecule has 0 aromatic heterocycles. The molecule has 0 aromatic carbocycles. The van der Waals surface area contributed by atoms with Crippen molar-refractivity contribution in [3.63, 3.8) is 0 Å². The molecule has 1 saturated carbocycles. The Labute approximate surface area is 130 Å². The van der Waals surface area contributed by atoms with Gasteiger partial charge in [0.25, 0.3) is 0 Å². The number of rotatable bonds is 6. The molecular weight excluding hydrogens is 320 g/mol. The maximum absolute atomic E-state index is 12.3. The third kappa shape index (κ3) is 4.71. The summed E-state index contributed by atoms with van der Waals surface area (Å²) < 4.78 is 5.56. The van der Waals surface area contributed by atoms with Crippen molar-refractivity contribution >= 4 is 21.8 Å². The van der Waals surface area contributed by atoms with Crippen LogP contribution in [0, 0.1) is 5.92 Å². The molecule has 0 atom stereocenters. The molecule has 116 valence electrons. The average Bonchev–Trinajstić information content (AvgIpc) is 2.62. The molecule has 0 radical (unpaired) electrons. The Morgan fingerprint density at radius 1 is 1.25 bits per heavy atom. The lowest BCUT2D eigenvalue weighted by atomic mass is 9.79. The van der Waals surface area contributed by atoms with Gasteiger partial charge in [0.05, 0.1) is 6.10 Å². The Morgan fingerprint density at radius 3 is 2.75 bits per heavy atom. The van der Waals surface area contributed by atoms with Gasteiger partial charge in [-0.2, -0.15) is 0 Å². The van der Waals surface area contributed by atoms with Gasteiger partial charge in [-0.3, -0.25) is 4.79 Å². The van der Waals surface area contributed by atoms with Crippen LogP contribution in [0.5, 0.6) is 0 Å². The van der Waals surface area contributed by atoms with Gasteiger partial charge in [-0.25, -0.2) is 0 Å². The highest BCUT2D eigenvalue weighted by molar-refractivity contribution is 9.09. The van der Waals surface area contributed by atoms with E-state index in [1.807, 2.05) is 6.92 Å². The van der Waals surface area contributed by atoms with Crippen LogP contribution in [-0.4, -0.2) is 66.5 Å². The van der Waals surface area contributed by atoms with Crippen LogP contribution in [0.15, 0.2) is 0 Å². The van der Waals surface area contributed by atoms with Crippen molar-refractivity contribution in [3.05, 3.63) is 0 Å². The second-order valence-corrected chi connectivity index (χ2v) is 6.68. The van der Waals surface area contributed by atoms with Crippen LogP contribution in [0.1, 0.15) is 32.6 Å². The highest BCUT2D eigenvalue weighted by Crippen LogP contribution is 2.33. The molecule has 2 rings (SSSR count). The zero-order valence-corrected chi connectivity index (χ0v) is 14.1. The molecule has 1 amide bonds. The predicted molar refractivity (Wildman–Crippen MR) is 84.2 cm³/mol. The standard InChI is InChI=1S/C15H27BrN2O2/c1-2-20-14-10-13(11-14)12-15(19)18-6-3-5-17(7-4-16)8-9-18/h13-14H,2-12H2,1H3. The molecule has 4 nitrogen and oxygen atoms in total. The van der Waals surface area contributed by atoms with Crippen molar-refractivity contribution in [2.24, 2.45) is 5.92 Å². The fourth-order valence-corrected chi connectivity index (χ4v) is 3.65. The van der Waals surface area contributed by atoms with E-state index in [9.17, 15) is 4.79 Å². The van der Waals surface area contributed by atoms with Crippen molar-refractivity contribution in [2.75, 3.05) is 44.7 Å². The largest absolute Gasteiger partial charge is 0.378 e. The first-order valence-corrected chi connectivity index (χ1v) is 9.02. The van der Waals surface area contributed by atoms with E-state index in [4.69, 9.17) is 4.74 Å². The monoisotopic (exact) mass is 346 g/mol. The fraction of sp³-hybridized carbons (Fsp3) is 0.933. The summed E-state index contributed by atoms with van der Waals surface area (Å²) in [6.07, 6.45) is 4.38. The van der Waals surface area contributed by atoms with Crippen LogP contribution >= 0.6 is 15.9 Å². The first-order valence-electron chi connectivity index (χ1n) is 7.90. The van der Waals surface area contributed by atoms with Crippen molar-refractivity contribution in [2.45, 2.75) is 38.7 Å². The van der Waals surface area contributed by atoms with Gasteiger partial charge < -0.3 is 14.5 Å². The minimum atomic E-state index is 0.352. The molecule has 0 unspecified atom stereocenters. The highest BCUT2D eigenvalue weighted by atomic mass is 79.9. The van der Waals surface area contributed by atoms with E-state index in [1.165, 1.54) is 0 Å². The molecule has 5 heteroatoms. The minimum absolute atomic E-state index is 0.352. The maximum Gasteiger partial charge on any atom is 0.222 e. The van der Waals surface area contributed by atoms with Gasteiger partial charge in [0.1, 0.15) is 0 Å². The molecule has 1 aliphatic carbocycles. The lowest BCUT2D eigenvalue weighted by Gasteiger charge is -2.35. The van der Waals surface area contributed by atoms with E-state index in [-0.39, 0.29) is 0 Å². The van der Waals surface area contributed by atoms with Crippen LogP contribution < -0.4 is 0 Å². The Balaban J connectivity index is 1.68. The van der Waals surface area contributed by atoms with Crippen molar-refractivity contribution in [3.8, 4) is 0 Å². The molecule has 1 aliphatic heterocycles. The summed E-state index contributed by atoms with van der Waals surface area (Å²) in [6.45, 7) is 7.87. The van der Waals surface area contributed by atoms with E-state index in [1.54, 1.807) is 0 Å². The smallest absolute Gasteiger partial charge is 0.222 e. The summed E-state index contributed by atoms with van der Waals surface area (Å²) >= 11 is 3.49. The van der Waals surface area contributed by atoms with Crippen molar-refractivity contribution < 1.29 is 9.53 Å². The first kappa shape index (κ1) is 16.2.